The van der Waals surface area contributed by atoms with Gasteiger partial charge in [0.25, 0.3) is 11.5 Å². The van der Waals surface area contributed by atoms with Crippen molar-refractivity contribution >= 4 is 42.6 Å². The standard InChI is InChI=1S/C36H44FN7O6Si/c1-6-15-43(21-25-19-30-33(18-23(25)2)38-24(3)39-35(30)47)27-11-13-29(31(37)20-27)34(46)40-32(36(48)49)14-12-28(45)10-7-16-44-22-26(41-42-44)9-8-17-51(4,5)50/h1,11,13,18-20,22,32,50H,7-10,12,14-17,21H2,2-5H3,(H,40,46)(H,48,49)(H,38,39,47)/t32-/m0/s1. The van der Waals surface area contributed by atoms with Crippen LogP contribution in [-0.4, -0.2) is 73.4 Å². The number of nitrogens with one attached hydrogen (secondary N) is 2. The number of terminal acetylenes is 1. The topological polar surface area (TPSA) is 183 Å². The number of hydrogen-bond donors (Lipinski definition) is 4. The highest BCUT2D eigenvalue weighted by atomic mass is 28.4. The highest BCUT2D eigenvalue weighted by Gasteiger charge is 2.24. The van der Waals surface area contributed by atoms with Gasteiger partial charge in [-0.2, -0.15) is 0 Å². The van der Waals surface area contributed by atoms with Crippen molar-refractivity contribution in [2.24, 2.45) is 0 Å². The molecule has 2 aromatic carbocycles. The number of fused-ring (bicyclic) bond motifs is 1. The smallest absolute Gasteiger partial charge is 0.326 e. The molecule has 0 aliphatic heterocycles. The molecule has 0 spiro atoms. The molecular formula is C36H44FN7O6Si. The minimum absolute atomic E-state index is 0.0844. The van der Waals surface area contributed by atoms with Crippen molar-refractivity contribution in [1.29, 1.82) is 0 Å². The number of carboxylic acids is 1. The minimum atomic E-state index is -2.11. The SMILES string of the molecule is C#CCN(Cc1cc2c(=O)[nH]c(C)nc2cc1C)c1ccc(C(=O)N[C@@H](CCC(=O)CCCn2cc(CCC[Si](C)(C)O)nn2)C(=O)O)c(F)c1. The predicted molar refractivity (Wildman–Crippen MR) is 193 cm³/mol. The Morgan fingerprint density at radius 2 is 1.92 bits per heavy atom. The van der Waals surface area contributed by atoms with Crippen molar-refractivity contribution in [2.75, 3.05) is 11.4 Å². The number of Topliss-reactive ketones (excluding diaryl/α,β-unsaturated/α-hetero) is 1. The van der Waals surface area contributed by atoms with Crippen molar-refractivity contribution in [3.63, 3.8) is 0 Å². The van der Waals surface area contributed by atoms with Crippen molar-refractivity contribution in [1.82, 2.24) is 30.3 Å². The summed E-state index contributed by atoms with van der Waals surface area (Å²) < 4.78 is 17.0. The number of aromatic nitrogens is 5. The third kappa shape index (κ3) is 11.1. The van der Waals surface area contributed by atoms with Gasteiger partial charge in [0.15, 0.2) is 8.32 Å². The van der Waals surface area contributed by atoms with E-state index in [0.717, 1.165) is 35.4 Å². The molecule has 4 N–H and O–H groups in total. The van der Waals surface area contributed by atoms with Crippen molar-refractivity contribution in [3.05, 3.63) is 80.9 Å². The number of carbonyl (C=O) groups is 3. The molecule has 0 aliphatic rings. The van der Waals surface area contributed by atoms with Crippen LogP contribution in [-0.2, 0) is 29.1 Å². The van der Waals surface area contributed by atoms with Crippen molar-refractivity contribution in [2.45, 2.75) is 90.6 Å². The van der Waals surface area contributed by atoms with Gasteiger partial charge in [0.1, 0.15) is 23.5 Å². The maximum absolute atomic E-state index is 15.4. The normalized spacial score (nSPS) is 12.0. The lowest BCUT2D eigenvalue weighted by molar-refractivity contribution is -0.139. The van der Waals surface area contributed by atoms with Crippen LogP contribution in [0.25, 0.3) is 10.9 Å². The van der Waals surface area contributed by atoms with Crippen LogP contribution in [0.1, 0.15) is 65.1 Å². The maximum Gasteiger partial charge on any atom is 0.326 e. The summed E-state index contributed by atoms with van der Waals surface area (Å²) >= 11 is 0. The van der Waals surface area contributed by atoms with E-state index < -0.39 is 32.1 Å². The molecule has 0 saturated carbocycles. The van der Waals surface area contributed by atoms with E-state index in [-0.39, 0.29) is 49.3 Å². The second kappa shape index (κ2) is 17.1. The lowest BCUT2D eigenvalue weighted by Gasteiger charge is -2.24. The van der Waals surface area contributed by atoms with Crippen LogP contribution in [0.2, 0.25) is 19.1 Å². The number of hydrogen-bond acceptors (Lipinski definition) is 9. The molecule has 2 aromatic heterocycles. The zero-order valence-corrected chi connectivity index (χ0v) is 30.3. The molecule has 15 heteroatoms. The van der Waals surface area contributed by atoms with Gasteiger partial charge in [-0.3, -0.25) is 19.1 Å². The molecule has 1 atom stereocenters. The monoisotopic (exact) mass is 717 g/mol. The fourth-order valence-corrected chi connectivity index (χ4v) is 6.73. The molecule has 1 amide bonds. The molecule has 51 heavy (non-hydrogen) atoms. The predicted octanol–water partition coefficient (Wildman–Crippen LogP) is 4.05. The quantitative estimate of drug-likeness (QED) is 0.0865. The number of anilines is 1. The molecule has 270 valence electrons. The molecule has 4 aromatic rings. The first-order valence-corrected chi connectivity index (χ1v) is 19.9. The van der Waals surface area contributed by atoms with Crippen LogP contribution in [0.15, 0.2) is 41.3 Å². The first-order chi connectivity index (χ1) is 24.1. The fraction of sp³-hybridized carbons (Fsp3) is 0.417. The Morgan fingerprint density at radius 1 is 1.16 bits per heavy atom. The van der Waals surface area contributed by atoms with E-state index >= 15 is 4.39 Å². The van der Waals surface area contributed by atoms with E-state index in [1.165, 1.54) is 12.1 Å². The Hall–Kier alpha value is -5.20. The summed E-state index contributed by atoms with van der Waals surface area (Å²) in [4.78, 5) is 68.8. The lowest BCUT2D eigenvalue weighted by atomic mass is 10.0. The van der Waals surface area contributed by atoms with Crippen LogP contribution in [0, 0.1) is 32.0 Å². The fourth-order valence-electron chi connectivity index (χ4n) is 5.69. The van der Waals surface area contributed by atoms with Gasteiger partial charge in [-0.15, -0.1) is 11.5 Å². The Labute approximate surface area is 296 Å². The van der Waals surface area contributed by atoms with E-state index in [1.54, 1.807) is 28.6 Å². The Kier molecular flexibility index (Phi) is 13.0. The summed E-state index contributed by atoms with van der Waals surface area (Å²) in [5, 5.41) is 20.7. The van der Waals surface area contributed by atoms with Crippen LogP contribution in [0.3, 0.4) is 0 Å². The van der Waals surface area contributed by atoms with Gasteiger partial charge in [-0.05, 0) is 100 Å². The van der Waals surface area contributed by atoms with Gasteiger partial charge in [0.05, 0.1) is 28.7 Å². The van der Waals surface area contributed by atoms with E-state index in [4.69, 9.17) is 6.42 Å². The number of amides is 1. The second-order valence-corrected chi connectivity index (χ2v) is 17.5. The van der Waals surface area contributed by atoms with Crippen molar-refractivity contribution in [3.8, 4) is 12.3 Å². The summed E-state index contributed by atoms with van der Waals surface area (Å²) in [6.07, 6.45) is 9.40. The molecule has 0 fully saturated rings. The van der Waals surface area contributed by atoms with Gasteiger partial charge in [-0.25, -0.2) is 14.2 Å². The summed E-state index contributed by atoms with van der Waals surface area (Å²) in [6, 6.07) is 6.82. The van der Waals surface area contributed by atoms with Crippen LogP contribution >= 0.6 is 0 Å². The van der Waals surface area contributed by atoms with Crippen LogP contribution < -0.4 is 15.8 Å². The van der Waals surface area contributed by atoms with Crippen LogP contribution in [0.5, 0.6) is 0 Å². The average molecular weight is 718 g/mol. The third-order valence-electron chi connectivity index (χ3n) is 8.45. The molecule has 0 unspecified atom stereocenters. The number of aliphatic carboxylic acids is 1. The molecular weight excluding hydrogens is 674 g/mol. The number of ketones is 1. The summed E-state index contributed by atoms with van der Waals surface area (Å²) in [5.74, 6) is -0.275. The minimum Gasteiger partial charge on any atom is -0.480 e. The lowest BCUT2D eigenvalue weighted by Crippen LogP contribution is -2.41. The summed E-state index contributed by atoms with van der Waals surface area (Å²) in [7, 11) is -2.11. The third-order valence-corrected chi connectivity index (χ3v) is 10.0. The van der Waals surface area contributed by atoms with Gasteiger partial charge >= 0.3 is 5.97 Å². The number of nitrogens with zero attached hydrogens (tertiary/aromatic N) is 5. The highest BCUT2D eigenvalue weighted by molar-refractivity contribution is 6.69. The van der Waals surface area contributed by atoms with Gasteiger partial charge < -0.3 is 25.1 Å². The number of carbonyl (C=O) groups excluding carboxylic acids is 2. The van der Waals surface area contributed by atoms with E-state index in [1.807, 2.05) is 26.2 Å². The zero-order valence-electron chi connectivity index (χ0n) is 29.3. The van der Waals surface area contributed by atoms with E-state index in [9.17, 15) is 29.1 Å². The number of H-pyrrole nitrogens is 1. The Balaban J connectivity index is 1.32. The van der Waals surface area contributed by atoms with E-state index in [0.29, 0.717) is 41.8 Å². The molecule has 2 heterocycles. The molecule has 4 rings (SSSR count). The van der Waals surface area contributed by atoms with Crippen LogP contribution in [0.4, 0.5) is 10.1 Å². The number of aryl methyl sites for hydroxylation is 4. The Bertz CT molecular complexity index is 2000. The molecule has 0 radical (unpaired) electrons. The summed E-state index contributed by atoms with van der Waals surface area (Å²) in [5.41, 5.74) is 2.75. The largest absolute Gasteiger partial charge is 0.480 e. The van der Waals surface area contributed by atoms with Gasteiger partial charge in [0.2, 0.25) is 0 Å². The summed E-state index contributed by atoms with van der Waals surface area (Å²) in [6.45, 7) is 8.17. The first-order valence-electron chi connectivity index (χ1n) is 16.8. The zero-order chi connectivity index (χ0) is 37.3. The number of aromatic amines is 1. The molecule has 13 nitrogen and oxygen atoms in total. The van der Waals surface area contributed by atoms with Gasteiger partial charge in [0, 0.05) is 37.8 Å². The van der Waals surface area contributed by atoms with Gasteiger partial charge in [-0.1, -0.05) is 11.1 Å². The maximum atomic E-state index is 15.4. The first kappa shape index (κ1) is 38.6. The second-order valence-electron chi connectivity index (χ2n) is 13.4. The molecule has 0 bridgehead atoms. The highest BCUT2D eigenvalue weighted by Crippen LogP contribution is 2.24. The van der Waals surface area contributed by atoms with Crippen molar-refractivity contribution < 1.29 is 28.7 Å². The molecule has 0 aliphatic carbocycles. The van der Waals surface area contributed by atoms with E-state index in [2.05, 4.69) is 31.5 Å². The number of benzene rings is 2. The molecule has 0 saturated heterocycles. The Morgan fingerprint density at radius 3 is 2.61 bits per heavy atom. The average Bonchev–Trinajstić information content (AvgIpc) is 3.49. The number of halogens is 1. The number of rotatable bonds is 18. The number of carboxylic acid groups (broad SMARTS) is 1.